The first kappa shape index (κ1) is 6.93. The SMILES string of the molecule is CC(F)(F)[C@@H]1CCNC1. The topological polar surface area (TPSA) is 12.0 Å². The summed E-state index contributed by atoms with van der Waals surface area (Å²) in [4.78, 5) is 0. The van der Waals surface area contributed by atoms with E-state index >= 15 is 0 Å². The number of rotatable bonds is 1. The third kappa shape index (κ3) is 1.61. The fourth-order valence-corrected chi connectivity index (χ4v) is 1.09. The molecule has 0 aromatic carbocycles. The van der Waals surface area contributed by atoms with Crippen LogP contribution in [-0.2, 0) is 0 Å². The average molecular weight is 135 g/mol. The van der Waals surface area contributed by atoms with Gasteiger partial charge in [-0.25, -0.2) is 8.78 Å². The number of halogens is 2. The van der Waals surface area contributed by atoms with Crippen molar-refractivity contribution in [3.8, 4) is 0 Å². The Morgan fingerprint density at radius 1 is 1.56 bits per heavy atom. The van der Waals surface area contributed by atoms with Crippen LogP contribution in [0.1, 0.15) is 13.3 Å². The zero-order chi connectivity index (χ0) is 6.91. The molecule has 1 saturated heterocycles. The summed E-state index contributed by atoms with van der Waals surface area (Å²) in [5, 5.41) is 2.90. The Labute approximate surface area is 53.4 Å². The molecule has 0 amide bonds. The molecule has 1 rings (SSSR count). The van der Waals surface area contributed by atoms with Crippen molar-refractivity contribution in [3.05, 3.63) is 0 Å². The van der Waals surface area contributed by atoms with Crippen LogP contribution in [0.25, 0.3) is 0 Å². The third-order valence-corrected chi connectivity index (χ3v) is 1.78. The Morgan fingerprint density at radius 2 is 2.22 bits per heavy atom. The largest absolute Gasteiger partial charge is 0.316 e. The van der Waals surface area contributed by atoms with Crippen LogP contribution < -0.4 is 5.32 Å². The van der Waals surface area contributed by atoms with Crippen LogP contribution in [0.3, 0.4) is 0 Å². The Morgan fingerprint density at radius 3 is 2.44 bits per heavy atom. The van der Waals surface area contributed by atoms with E-state index < -0.39 is 11.8 Å². The summed E-state index contributed by atoms with van der Waals surface area (Å²) in [6, 6.07) is 0. The van der Waals surface area contributed by atoms with Crippen molar-refractivity contribution in [2.75, 3.05) is 13.1 Å². The molecule has 0 saturated carbocycles. The van der Waals surface area contributed by atoms with Gasteiger partial charge in [-0.1, -0.05) is 0 Å². The summed E-state index contributed by atoms with van der Waals surface area (Å²) in [6.45, 7) is 2.21. The minimum absolute atomic E-state index is 0.433. The highest BCUT2D eigenvalue weighted by Gasteiger charge is 2.35. The molecular weight excluding hydrogens is 124 g/mol. The van der Waals surface area contributed by atoms with E-state index in [1.54, 1.807) is 0 Å². The maximum Gasteiger partial charge on any atom is 0.249 e. The first-order valence-corrected chi connectivity index (χ1v) is 3.19. The van der Waals surface area contributed by atoms with Gasteiger partial charge < -0.3 is 5.32 Å². The summed E-state index contributed by atoms with van der Waals surface area (Å²) in [6.07, 6.45) is 0.615. The highest BCUT2D eigenvalue weighted by molar-refractivity contribution is 4.80. The van der Waals surface area contributed by atoms with Gasteiger partial charge in [0, 0.05) is 12.5 Å². The van der Waals surface area contributed by atoms with Gasteiger partial charge in [0.05, 0.1) is 0 Å². The molecule has 0 radical (unpaired) electrons. The third-order valence-electron chi connectivity index (χ3n) is 1.78. The van der Waals surface area contributed by atoms with Crippen molar-refractivity contribution in [1.29, 1.82) is 0 Å². The molecule has 1 nitrogen and oxygen atoms in total. The Kier molecular flexibility index (Phi) is 1.70. The van der Waals surface area contributed by atoms with Gasteiger partial charge in [-0.05, 0) is 19.9 Å². The molecule has 1 aliphatic heterocycles. The molecule has 1 atom stereocenters. The van der Waals surface area contributed by atoms with Crippen molar-refractivity contribution in [3.63, 3.8) is 0 Å². The number of alkyl halides is 2. The normalized spacial score (nSPS) is 29.0. The lowest BCUT2D eigenvalue weighted by Crippen LogP contribution is -2.26. The maximum absolute atomic E-state index is 12.4. The second-order valence-electron chi connectivity index (χ2n) is 2.65. The molecule has 0 aliphatic carbocycles. The first-order chi connectivity index (χ1) is 4.11. The maximum atomic E-state index is 12.4. The van der Waals surface area contributed by atoms with Crippen molar-refractivity contribution in [2.45, 2.75) is 19.3 Å². The fraction of sp³-hybridized carbons (Fsp3) is 1.00. The molecule has 0 aromatic rings. The van der Waals surface area contributed by atoms with Gasteiger partial charge >= 0.3 is 0 Å². The zero-order valence-electron chi connectivity index (χ0n) is 5.45. The van der Waals surface area contributed by atoms with E-state index in [0.29, 0.717) is 13.0 Å². The zero-order valence-corrected chi connectivity index (χ0v) is 5.45. The summed E-state index contributed by atoms with van der Waals surface area (Å²) >= 11 is 0. The predicted octanol–water partition coefficient (Wildman–Crippen LogP) is 1.25. The van der Waals surface area contributed by atoms with Gasteiger partial charge in [0.15, 0.2) is 0 Å². The average Bonchev–Trinajstić information content (AvgIpc) is 2.08. The number of hydrogen-bond donors (Lipinski definition) is 1. The first-order valence-electron chi connectivity index (χ1n) is 3.19. The molecule has 3 heteroatoms. The van der Waals surface area contributed by atoms with E-state index in [2.05, 4.69) is 5.32 Å². The lowest BCUT2D eigenvalue weighted by molar-refractivity contribution is -0.0314. The lowest BCUT2D eigenvalue weighted by Gasteiger charge is -2.16. The predicted molar refractivity (Wildman–Crippen MR) is 31.6 cm³/mol. The molecule has 0 bridgehead atoms. The van der Waals surface area contributed by atoms with Crippen LogP contribution in [0.2, 0.25) is 0 Å². The van der Waals surface area contributed by atoms with Crippen molar-refractivity contribution < 1.29 is 8.78 Å². The second kappa shape index (κ2) is 2.21. The van der Waals surface area contributed by atoms with Gasteiger partial charge in [-0.3, -0.25) is 0 Å². The smallest absolute Gasteiger partial charge is 0.249 e. The molecule has 0 aromatic heterocycles. The quantitative estimate of drug-likeness (QED) is 0.570. The minimum atomic E-state index is -2.48. The van der Waals surface area contributed by atoms with Crippen molar-refractivity contribution in [2.24, 2.45) is 5.92 Å². The van der Waals surface area contributed by atoms with Gasteiger partial charge in [0.2, 0.25) is 5.92 Å². The Bertz CT molecular complexity index is 91.7. The van der Waals surface area contributed by atoms with Gasteiger partial charge in [0.1, 0.15) is 0 Å². The van der Waals surface area contributed by atoms with Gasteiger partial charge in [-0.2, -0.15) is 0 Å². The summed E-state index contributed by atoms with van der Waals surface area (Å²) in [7, 11) is 0. The Balaban J connectivity index is 2.42. The van der Waals surface area contributed by atoms with Crippen LogP contribution in [0.15, 0.2) is 0 Å². The molecule has 9 heavy (non-hydrogen) atoms. The van der Waals surface area contributed by atoms with E-state index in [0.717, 1.165) is 13.5 Å². The molecule has 1 fully saturated rings. The van der Waals surface area contributed by atoms with E-state index in [4.69, 9.17) is 0 Å². The van der Waals surface area contributed by atoms with Crippen LogP contribution in [-0.4, -0.2) is 19.0 Å². The van der Waals surface area contributed by atoms with Crippen LogP contribution in [0, 0.1) is 5.92 Å². The molecule has 0 spiro atoms. The van der Waals surface area contributed by atoms with Gasteiger partial charge in [0.25, 0.3) is 0 Å². The highest BCUT2D eigenvalue weighted by Crippen LogP contribution is 2.27. The van der Waals surface area contributed by atoms with Gasteiger partial charge in [-0.15, -0.1) is 0 Å². The van der Waals surface area contributed by atoms with E-state index in [9.17, 15) is 8.78 Å². The summed E-state index contributed by atoms with van der Waals surface area (Å²) in [5.74, 6) is -2.92. The van der Waals surface area contributed by atoms with E-state index in [1.165, 1.54) is 0 Å². The minimum Gasteiger partial charge on any atom is -0.316 e. The monoisotopic (exact) mass is 135 g/mol. The molecule has 1 N–H and O–H groups in total. The van der Waals surface area contributed by atoms with Crippen LogP contribution in [0.4, 0.5) is 8.78 Å². The van der Waals surface area contributed by atoms with Crippen LogP contribution in [0.5, 0.6) is 0 Å². The highest BCUT2D eigenvalue weighted by atomic mass is 19.3. The molecule has 54 valence electrons. The van der Waals surface area contributed by atoms with E-state index in [-0.39, 0.29) is 0 Å². The number of hydrogen-bond acceptors (Lipinski definition) is 1. The van der Waals surface area contributed by atoms with Crippen molar-refractivity contribution >= 4 is 0 Å². The van der Waals surface area contributed by atoms with Crippen LogP contribution >= 0.6 is 0 Å². The second-order valence-corrected chi connectivity index (χ2v) is 2.65. The summed E-state index contributed by atoms with van der Waals surface area (Å²) < 4.78 is 24.8. The number of nitrogens with one attached hydrogen (secondary N) is 1. The molecule has 0 unspecified atom stereocenters. The molecular formula is C6H11F2N. The van der Waals surface area contributed by atoms with E-state index in [1.807, 2.05) is 0 Å². The Hall–Kier alpha value is -0.180. The molecule has 1 aliphatic rings. The lowest BCUT2D eigenvalue weighted by atomic mass is 10.0. The molecule has 1 heterocycles. The van der Waals surface area contributed by atoms with Crippen molar-refractivity contribution in [1.82, 2.24) is 5.32 Å². The standard InChI is InChI=1S/C6H11F2N/c1-6(7,8)5-2-3-9-4-5/h5,9H,2-4H2,1H3/t5-/m1/s1. The fourth-order valence-electron chi connectivity index (χ4n) is 1.09. The summed E-state index contributed by atoms with van der Waals surface area (Å²) in [5.41, 5.74) is 0.